The van der Waals surface area contributed by atoms with Crippen LogP contribution in [0.3, 0.4) is 0 Å². The highest BCUT2D eigenvalue weighted by molar-refractivity contribution is 7.25. The molecule has 4 heterocycles. The van der Waals surface area contributed by atoms with Crippen molar-refractivity contribution in [2.45, 2.75) is 18.5 Å². The van der Waals surface area contributed by atoms with Crippen LogP contribution < -0.4 is 16.0 Å². The summed E-state index contributed by atoms with van der Waals surface area (Å²) in [5, 5.41) is 18.7. The lowest BCUT2D eigenvalue weighted by atomic mass is 9.98. The van der Waals surface area contributed by atoms with Crippen molar-refractivity contribution in [2.24, 2.45) is 0 Å². The zero-order chi connectivity index (χ0) is 33.5. The van der Waals surface area contributed by atoms with Gasteiger partial charge < -0.3 is 8.83 Å². The Balaban J connectivity index is 1.04. The van der Waals surface area contributed by atoms with Crippen molar-refractivity contribution in [3.63, 3.8) is 0 Å². The van der Waals surface area contributed by atoms with Crippen LogP contribution in [0.1, 0.15) is 35.2 Å². The van der Waals surface area contributed by atoms with E-state index in [2.05, 4.69) is 155 Å². The van der Waals surface area contributed by atoms with Crippen LogP contribution in [0.25, 0.3) is 75.2 Å². The van der Waals surface area contributed by atoms with Crippen LogP contribution in [-0.4, -0.2) is 0 Å². The maximum atomic E-state index is 6.67. The van der Waals surface area contributed by atoms with E-state index in [4.69, 9.17) is 8.83 Å². The first-order valence-electron chi connectivity index (χ1n) is 17.4. The molecule has 1 saturated heterocycles. The normalized spacial score (nSPS) is 18.2. The SMILES string of the molecule is c1ccc(C2NC(c3ccc4oc5c(-c6cccc7c6oc6ccccc67)cccc5c4c3)NC(c3cccc4sc5ccccc5c34)N2)cc1. The summed E-state index contributed by atoms with van der Waals surface area (Å²) >= 11 is 1.85. The third-order valence-corrected chi connectivity index (χ3v) is 11.6. The van der Waals surface area contributed by atoms with Gasteiger partial charge in [-0.15, -0.1) is 11.3 Å². The summed E-state index contributed by atoms with van der Waals surface area (Å²) in [4.78, 5) is 0. The number of para-hydroxylation sites is 3. The van der Waals surface area contributed by atoms with Crippen molar-refractivity contribution in [2.75, 3.05) is 0 Å². The van der Waals surface area contributed by atoms with Crippen LogP contribution in [0.2, 0.25) is 0 Å². The fraction of sp³-hybridized carbons (Fsp3) is 0.0667. The number of thiophene rings is 1. The zero-order valence-electron chi connectivity index (χ0n) is 27.4. The Hall–Kier alpha value is -5.76. The second kappa shape index (κ2) is 11.4. The molecule has 5 nitrogen and oxygen atoms in total. The summed E-state index contributed by atoms with van der Waals surface area (Å²) in [6.07, 6.45) is -0.311. The third-order valence-electron chi connectivity index (χ3n) is 10.4. The Morgan fingerprint density at radius 3 is 1.80 bits per heavy atom. The molecule has 3 N–H and O–H groups in total. The number of rotatable bonds is 4. The zero-order valence-corrected chi connectivity index (χ0v) is 28.2. The van der Waals surface area contributed by atoms with Crippen LogP contribution >= 0.6 is 11.3 Å². The Morgan fingerprint density at radius 2 is 1.00 bits per heavy atom. The van der Waals surface area contributed by atoms with Crippen LogP contribution in [-0.2, 0) is 0 Å². The maximum absolute atomic E-state index is 6.67. The van der Waals surface area contributed by atoms with Gasteiger partial charge in [-0.1, -0.05) is 121 Å². The van der Waals surface area contributed by atoms with Gasteiger partial charge >= 0.3 is 0 Å². The van der Waals surface area contributed by atoms with Gasteiger partial charge in [0.05, 0.1) is 18.5 Å². The van der Waals surface area contributed by atoms with E-state index in [1.165, 1.54) is 31.3 Å². The quantitative estimate of drug-likeness (QED) is 0.173. The summed E-state index contributed by atoms with van der Waals surface area (Å²) in [5.74, 6) is 0. The number of benzene rings is 7. The number of furan rings is 2. The first kappa shape index (κ1) is 29.0. The molecule has 1 aliphatic heterocycles. The van der Waals surface area contributed by atoms with E-state index in [9.17, 15) is 0 Å². The Morgan fingerprint density at radius 1 is 0.412 bits per heavy atom. The molecule has 0 spiro atoms. The molecular formula is C45H31N3O2S. The number of nitrogens with one attached hydrogen (secondary N) is 3. The van der Waals surface area contributed by atoms with Gasteiger partial charge in [0.2, 0.25) is 0 Å². The van der Waals surface area contributed by atoms with Crippen molar-refractivity contribution >= 4 is 75.4 Å². The Kier molecular flexibility index (Phi) is 6.48. The largest absolute Gasteiger partial charge is 0.455 e. The molecule has 3 aromatic heterocycles. The molecule has 7 aromatic carbocycles. The number of hydrogen-bond acceptors (Lipinski definition) is 6. The van der Waals surface area contributed by atoms with Crippen molar-refractivity contribution in [1.82, 2.24) is 16.0 Å². The highest BCUT2D eigenvalue weighted by atomic mass is 32.1. The van der Waals surface area contributed by atoms with Crippen LogP contribution in [0.4, 0.5) is 0 Å². The molecule has 0 amide bonds. The number of fused-ring (bicyclic) bond motifs is 9. The lowest BCUT2D eigenvalue weighted by Crippen LogP contribution is -2.54. The van der Waals surface area contributed by atoms with Gasteiger partial charge in [-0.05, 0) is 47.0 Å². The van der Waals surface area contributed by atoms with E-state index < -0.39 is 0 Å². The average molecular weight is 678 g/mol. The van der Waals surface area contributed by atoms with Gasteiger partial charge in [-0.25, -0.2) is 0 Å². The van der Waals surface area contributed by atoms with Crippen molar-refractivity contribution < 1.29 is 8.83 Å². The highest BCUT2D eigenvalue weighted by Gasteiger charge is 2.31. The molecule has 0 radical (unpaired) electrons. The van der Waals surface area contributed by atoms with Gasteiger partial charge in [-0.3, -0.25) is 16.0 Å². The van der Waals surface area contributed by atoms with Gasteiger partial charge in [-0.2, -0.15) is 0 Å². The summed E-state index contributed by atoms with van der Waals surface area (Å²) in [6.45, 7) is 0. The standard InChI is InChI=1S/C45H31N3O2S/c1-2-11-26(12-3-1)43-46-44(48-45(47-43)34-19-10-22-39-40(34)33-14-5-7-21-38(33)51-39)27-23-24-37-35(25-27)32-18-9-17-31(42(32)50-37)30-16-8-15-29-28-13-4-6-20-36(28)49-41(29)30/h1-25,43-48H. The monoisotopic (exact) mass is 677 g/mol. The minimum atomic E-state index is -0.136. The molecule has 51 heavy (non-hydrogen) atoms. The highest BCUT2D eigenvalue weighted by Crippen LogP contribution is 2.43. The molecule has 1 fully saturated rings. The molecule has 0 bridgehead atoms. The molecule has 244 valence electrons. The molecule has 11 rings (SSSR count). The van der Waals surface area contributed by atoms with Crippen LogP contribution in [0.5, 0.6) is 0 Å². The molecule has 10 aromatic rings. The van der Waals surface area contributed by atoms with Crippen molar-refractivity contribution in [3.8, 4) is 11.1 Å². The Bertz CT molecular complexity index is 2940. The molecule has 3 unspecified atom stereocenters. The van der Waals surface area contributed by atoms with Crippen LogP contribution in [0.15, 0.2) is 160 Å². The fourth-order valence-corrected chi connectivity index (χ4v) is 9.20. The van der Waals surface area contributed by atoms with Gasteiger partial charge in [0.15, 0.2) is 0 Å². The van der Waals surface area contributed by atoms with Crippen molar-refractivity contribution in [1.29, 1.82) is 0 Å². The lowest BCUT2D eigenvalue weighted by Gasteiger charge is -2.40. The van der Waals surface area contributed by atoms with Gasteiger partial charge in [0.25, 0.3) is 0 Å². The maximum Gasteiger partial charge on any atom is 0.143 e. The van der Waals surface area contributed by atoms with E-state index in [1.807, 2.05) is 23.5 Å². The van der Waals surface area contributed by atoms with E-state index in [1.54, 1.807) is 0 Å². The van der Waals surface area contributed by atoms with E-state index in [0.29, 0.717) is 0 Å². The summed E-state index contributed by atoms with van der Waals surface area (Å²) < 4.78 is 15.7. The summed E-state index contributed by atoms with van der Waals surface area (Å²) in [6, 6.07) is 53.6. The molecule has 0 aliphatic carbocycles. The second-order valence-electron chi connectivity index (χ2n) is 13.3. The van der Waals surface area contributed by atoms with E-state index >= 15 is 0 Å². The minimum absolute atomic E-state index is 0.0738. The first-order valence-corrected chi connectivity index (χ1v) is 18.2. The van der Waals surface area contributed by atoms with Gasteiger partial charge in [0.1, 0.15) is 22.3 Å². The van der Waals surface area contributed by atoms with Crippen molar-refractivity contribution in [3.05, 3.63) is 168 Å². The minimum Gasteiger partial charge on any atom is -0.455 e. The number of hydrogen-bond donors (Lipinski definition) is 3. The molecular weight excluding hydrogens is 647 g/mol. The summed E-state index contributed by atoms with van der Waals surface area (Å²) in [5.41, 5.74) is 9.11. The van der Waals surface area contributed by atoms with E-state index in [0.717, 1.165) is 60.6 Å². The van der Waals surface area contributed by atoms with Gasteiger partial charge in [0, 0.05) is 52.8 Å². The molecule has 1 aliphatic rings. The predicted molar refractivity (Wildman–Crippen MR) is 210 cm³/mol. The lowest BCUT2D eigenvalue weighted by molar-refractivity contribution is 0.204. The third kappa shape index (κ3) is 4.58. The predicted octanol–water partition coefficient (Wildman–Crippen LogP) is 11.7. The second-order valence-corrected chi connectivity index (χ2v) is 14.4. The first-order chi connectivity index (χ1) is 25.3. The smallest absolute Gasteiger partial charge is 0.143 e. The fourth-order valence-electron chi connectivity index (χ4n) is 8.06. The topological polar surface area (TPSA) is 62.4 Å². The summed E-state index contributed by atoms with van der Waals surface area (Å²) in [7, 11) is 0. The average Bonchev–Trinajstić information content (AvgIpc) is 3.89. The molecule has 3 atom stereocenters. The Labute approximate surface area is 297 Å². The van der Waals surface area contributed by atoms with E-state index in [-0.39, 0.29) is 18.5 Å². The van der Waals surface area contributed by atoms with Crippen LogP contribution in [0, 0.1) is 0 Å². The molecule has 6 heteroatoms. The molecule has 0 saturated carbocycles.